The predicted octanol–water partition coefficient (Wildman–Crippen LogP) is 3.52. The average molecular weight is 245 g/mol. The molecule has 0 radical (unpaired) electrons. The second-order valence-electron chi connectivity index (χ2n) is 5.19. The van der Waals surface area contributed by atoms with Crippen LogP contribution in [0.1, 0.15) is 44.9 Å². The molecule has 2 nitrogen and oxygen atoms in total. The highest BCUT2D eigenvalue weighted by Gasteiger charge is 2.18. The minimum atomic E-state index is 1.19. The molecule has 2 rings (SSSR count). The normalized spacial score (nSPS) is 11.3. The Morgan fingerprint density at radius 3 is 2.50 bits per heavy atom. The van der Waals surface area contributed by atoms with Gasteiger partial charge < -0.3 is 0 Å². The van der Waals surface area contributed by atoms with Gasteiger partial charge in [-0.25, -0.2) is 9.13 Å². The molecule has 0 atom stereocenters. The van der Waals surface area contributed by atoms with Gasteiger partial charge in [0.25, 0.3) is 5.82 Å². The minimum absolute atomic E-state index is 1.19. The molecule has 2 aromatic rings. The van der Waals surface area contributed by atoms with E-state index in [9.17, 15) is 0 Å². The van der Waals surface area contributed by atoms with Gasteiger partial charge in [-0.2, -0.15) is 0 Å². The maximum atomic E-state index is 2.34. The van der Waals surface area contributed by atoms with Crippen molar-refractivity contribution in [3.8, 4) is 0 Å². The van der Waals surface area contributed by atoms with Crippen LogP contribution in [-0.2, 0) is 20.5 Å². The Bertz CT molecular complexity index is 472. The predicted molar refractivity (Wildman–Crippen MR) is 76.6 cm³/mol. The Labute approximate surface area is 110 Å². The quantitative estimate of drug-likeness (QED) is 0.544. The number of benzene rings is 1. The van der Waals surface area contributed by atoms with Gasteiger partial charge in [0, 0.05) is 6.42 Å². The molecule has 98 valence electrons. The van der Waals surface area contributed by atoms with Gasteiger partial charge in [0.15, 0.2) is 11.0 Å². The maximum Gasteiger partial charge on any atom is 0.256 e. The van der Waals surface area contributed by atoms with Crippen LogP contribution in [0.3, 0.4) is 0 Å². The first-order chi connectivity index (χ1) is 8.75. The van der Waals surface area contributed by atoms with Gasteiger partial charge in [-0.05, 0) is 18.6 Å². The lowest BCUT2D eigenvalue weighted by Crippen LogP contribution is -2.32. The lowest BCUT2D eigenvalue weighted by atomic mass is 10.1. The summed E-state index contributed by atoms with van der Waals surface area (Å²) in [5, 5.41) is 0. The number of imidazole rings is 1. The number of aromatic nitrogens is 2. The van der Waals surface area contributed by atoms with Crippen molar-refractivity contribution in [1.29, 1.82) is 0 Å². The molecule has 1 heterocycles. The first-order valence-corrected chi connectivity index (χ1v) is 7.18. The zero-order valence-electron chi connectivity index (χ0n) is 11.9. The van der Waals surface area contributed by atoms with E-state index in [-0.39, 0.29) is 0 Å². The van der Waals surface area contributed by atoms with Crippen LogP contribution in [0, 0.1) is 0 Å². The van der Waals surface area contributed by atoms with Crippen molar-refractivity contribution >= 4 is 11.0 Å². The second kappa shape index (κ2) is 6.03. The molecule has 0 N–H and O–H groups in total. The van der Waals surface area contributed by atoms with Gasteiger partial charge in [-0.3, -0.25) is 0 Å². The topological polar surface area (TPSA) is 8.81 Å². The Hall–Kier alpha value is -1.31. The fourth-order valence-corrected chi connectivity index (χ4v) is 2.76. The highest BCUT2D eigenvalue weighted by Crippen LogP contribution is 2.14. The van der Waals surface area contributed by atoms with Crippen LogP contribution >= 0.6 is 0 Å². The number of hydrogen-bond donors (Lipinski definition) is 0. The molecule has 0 aliphatic rings. The van der Waals surface area contributed by atoms with Gasteiger partial charge in [0.2, 0.25) is 0 Å². The third-order valence-corrected chi connectivity index (χ3v) is 3.88. The van der Waals surface area contributed by atoms with Crippen molar-refractivity contribution < 1.29 is 4.57 Å². The molecule has 0 fully saturated rings. The summed E-state index contributed by atoms with van der Waals surface area (Å²) < 4.78 is 4.68. The summed E-state index contributed by atoms with van der Waals surface area (Å²) in [6.45, 7) is 2.27. The summed E-state index contributed by atoms with van der Waals surface area (Å²) >= 11 is 0. The molecular weight excluding hydrogens is 220 g/mol. The zero-order valence-corrected chi connectivity index (χ0v) is 11.9. The maximum absolute atomic E-state index is 2.34. The lowest BCUT2D eigenvalue weighted by Gasteiger charge is -1.99. The number of rotatable bonds is 6. The standard InChI is InChI=1S/C16H25N2/c1-4-5-6-7-8-13-16-17(2)14-11-9-10-12-15(14)18(16)3/h9-12H,4-8,13H2,1-3H3/q+1. The molecule has 2 heteroatoms. The summed E-state index contributed by atoms with van der Waals surface area (Å²) in [7, 11) is 4.37. The van der Waals surface area contributed by atoms with Crippen molar-refractivity contribution in [3.63, 3.8) is 0 Å². The summed E-state index contributed by atoms with van der Waals surface area (Å²) in [5.41, 5.74) is 2.67. The zero-order chi connectivity index (χ0) is 13.0. The largest absolute Gasteiger partial charge is 0.256 e. The van der Waals surface area contributed by atoms with Crippen LogP contribution in [0.15, 0.2) is 24.3 Å². The molecule has 0 unspecified atom stereocenters. The molecule has 18 heavy (non-hydrogen) atoms. The van der Waals surface area contributed by atoms with Crippen LogP contribution in [0.4, 0.5) is 0 Å². The Balaban J connectivity index is 2.08. The van der Waals surface area contributed by atoms with Gasteiger partial charge in [0.1, 0.15) is 0 Å². The fourth-order valence-electron chi connectivity index (χ4n) is 2.76. The molecule has 0 aliphatic heterocycles. The van der Waals surface area contributed by atoms with E-state index in [1.807, 2.05) is 0 Å². The third kappa shape index (κ3) is 2.58. The summed E-state index contributed by atoms with van der Waals surface area (Å²) in [6.07, 6.45) is 7.92. The van der Waals surface area contributed by atoms with Crippen LogP contribution in [0.2, 0.25) is 0 Å². The van der Waals surface area contributed by atoms with E-state index in [1.54, 1.807) is 0 Å². The summed E-state index contributed by atoms with van der Waals surface area (Å²) in [6, 6.07) is 8.65. The molecule has 1 aromatic heterocycles. The molecule has 0 saturated heterocycles. The van der Waals surface area contributed by atoms with Crippen molar-refractivity contribution in [2.45, 2.75) is 45.4 Å². The Morgan fingerprint density at radius 1 is 1.06 bits per heavy atom. The van der Waals surface area contributed by atoms with E-state index >= 15 is 0 Å². The van der Waals surface area contributed by atoms with Gasteiger partial charge >= 0.3 is 0 Å². The molecule has 0 bridgehead atoms. The van der Waals surface area contributed by atoms with Crippen LogP contribution in [-0.4, -0.2) is 4.57 Å². The highest BCUT2D eigenvalue weighted by atomic mass is 15.1. The van der Waals surface area contributed by atoms with E-state index in [0.717, 1.165) is 0 Å². The first kappa shape index (κ1) is 13.1. The van der Waals surface area contributed by atoms with E-state index in [2.05, 4.69) is 54.4 Å². The Kier molecular flexibility index (Phi) is 4.40. The average Bonchev–Trinajstić information content (AvgIpc) is 2.64. The number of aryl methyl sites for hydroxylation is 2. The van der Waals surface area contributed by atoms with E-state index in [0.29, 0.717) is 0 Å². The number of fused-ring (bicyclic) bond motifs is 1. The number of hydrogen-bond acceptors (Lipinski definition) is 0. The van der Waals surface area contributed by atoms with Crippen molar-refractivity contribution in [1.82, 2.24) is 4.57 Å². The summed E-state index contributed by atoms with van der Waals surface area (Å²) in [5.74, 6) is 1.44. The fraction of sp³-hybridized carbons (Fsp3) is 0.562. The lowest BCUT2D eigenvalue weighted by molar-refractivity contribution is -0.654. The SMILES string of the molecule is CCCCCCCc1n(C)c2ccccc2[n+]1C. The second-order valence-corrected chi connectivity index (χ2v) is 5.19. The Morgan fingerprint density at radius 2 is 1.78 bits per heavy atom. The van der Waals surface area contributed by atoms with Crippen molar-refractivity contribution in [2.24, 2.45) is 14.1 Å². The first-order valence-electron chi connectivity index (χ1n) is 7.18. The number of para-hydroxylation sites is 2. The van der Waals surface area contributed by atoms with Gasteiger partial charge in [-0.15, -0.1) is 0 Å². The highest BCUT2D eigenvalue weighted by molar-refractivity contribution is 5.72. The summed E-state index contributed by atoms with van der Waals surface area (Å²) in [4.78, 5) is 0. The van der Waals surface area contributed by atoms with E-state index in [4.69, 9.17) is 0 Å². The minimum Gasteiger partial charge on any atom is -0.230 e. The van der Waals surface area contributed by atoms with Crippen LogP contribution in [0.25, 0.3) is 11.0 Å². The monoisotopic (exact) mass is 245 g/mol. The smallest absolute Gasteiger partial charge is 0.230 e. The molecule has 0 amide bonds. The van der Waals surface area contributed by atoms with Gasteiger partial charge in [-0.1, -0.05) is 44.7 Å². The van der Waals surface area contributed by atoms with Crippen molar-refractivity contribution in [2.75, 3.05) is 0 Å². The molecule has 0 spiro atoms. The molecular formula is C16H25N2+. The van der Waals surface area contributed by atoms with Crippen LogP contribution < -0.4 is 4.57 Å². The number of unbranched alkanes of at least 4 members (excludes halogenated alkanes) is 4. The molecule has 0 aliphatic carbocycles. The molecule has 0 saturated carbocycles. The number of nitrogens with zero attached hydrogens (tertiary/aromatic N) is 2. The van der Waals surface area contributed by atoms with Crippen LogP contribution in [0.5, 0.6) is 0 Å². The van der Waals surface area contributed by atoms with Crippen molar-refractivity contribution in [3.05, 3.63) is 30.1 Å². The van der Waals surface area contributed by atoms with E-state index in [1.165, 1.54) is 55.4 Å². The van der Waals surface area contributed by atoms with Gasteiger partial charge in [0.05, 0.1) is 14.1 Å². The molecule has 1 aromatic carbocycles. The van der Waals surface area contributed by atoms with E-state index < -0.39 is 0 Å². The third-order valence-electron chi connectivity index (χ3n) is 3.88.